The van der Waals surface area contributed by atoms with E-state index in [2.05, 4.69) is 352 Å². The Hall–Kier alpha value is -16.4. The minimum Gasteiger partial charge on any atom is -0.453 e. The first-order valence-electron chi connectivity index (χ1n) is 43.0. The predicted octanol–water partition coefficient (Wildman–Crippen LogP) is 31.1. The summed E-state index contributed by atoms with van der Waals surface area (Å²) < 4.78 is 24.5. The molecule has 28 rings (SSSR count). The average Bonchev–Trinajstić information content (AvgIpc) is 1.55. The summed E-state index contributed by atoms with van der Waals surface area (Å²) >= 11 is 5.55. The van der Waals surface area contributed by atoms with Crippen LogP contribution in [0, 0.1) is 0 Å². The fourth-order valence-electron chi connectivity index (χ4n) is 20.4. The summed E-state index contributed by atoms with van der Waals surface area (Å²) in [6, 6.07) is 140. The van der Waals surface area contributed by atoms with Gasteiger partial charge in [-0.25, -0.2) is 29.9 Å². The molecule has 0 unspecified atom stereocenters. The van der Waals surface area contributed by atoms with Crippen LogP contribution in [-0.2, 0) is 0 Å². The maximum absolute atomic E-state index is 7.34. The van der Waals surface area contributed by atoms with E-state index in [9.17, 15) is 0 Å². The van der Waals surface area contributed by atoms with E-state index in [1.807, 2.05) is 77.3 Å². The van der Waals surface area contributed by atoms with Crippen molar-refractivity contribution in [1.82, 2.24) is 48.2 Å². The Morgan fingerprint density at radius 1 is 0.188 bits per heavy atom. The van der Waals surface area contributed by atoms with Gasteiger partial charge in [0.15, 0.2) is 40.5 Å². The van der Waals surface area contributed by atoms with Gasteiger partial charge in [0.2, 0.25) is 0 Å². The Kier molecular flexibility index (Phi) is 15.3. The first kappa shape index (κ1) is 71.1. The Labute approximate surface area is 741 Å². The molecule has 0 amide bonds. The normalized spacial score (nSPS) is 12.2. The lowest BCUT2D eigenvalue weighted by molar-refractivity contribution is 0.667. The number of rotatable bonds is 11. The monoisotopic (exact) mass is 1680 g/mol. The number of thiophene rings is 3. The van der Waals surface area contributed by atoms with Crippen molar-refractivity contribution in [2.24, 2.45) is 0 Å². The number of para-hydroxylation sites is 6. The number of hydrogen-bond donors (Lipinski definition) is 0. The second kappa shape index (κ2) is 27.6. The standard InChI is InChI=1S/C114H64N10OS3/c1-4-24-66(25-5-1)109-116-112(118-113(117-109)85-39-20-35-77-78-36-22-45-97(104(78)125-103(77)85)123-89-41-15-10-30-73(89)87-63-71(53-58-93(87)123)121-91-43-17-12-33-83(91)101-95(121)60-56-81-75-32-14-19-47-99(75)126-107(81)101)69-50-48-65(49-51-69)70-52-55-76-82-57-61-96-102(108(82)127-100(76)62-70)84-34-13-18-44-92(84)122(96)72-54-59-94-88(64-72)74-31-11-16-42-90(74)124(94)98-46-23-38-80-79-37-21-40-86(105(79)128-106(80)98)114-119-110(67-26-6-2-7-27-67)115-111(120-114)68-28-8-3-9-29-68/h1-64H. The summed E-state index contributed by atoms with van der Waals surface area (Å²) in [7, 11) is 0. The number of furan rings is 1. The van der Waals surface area contributed by atoms with Gasteiger partial charge in [-0.15, -0.1) is 34.0 Å². The van der Waals surface area contributed by atoms with Crippen LogP contribution in [-0.4, -0.2) is 48.2 Å². The molecule has 0 bridgehead atoms. The zero-order chi connectivity index (χ0) is 83.5. The highest BCUT2D eigenvalue weighted by Crippen LogP contribution is 2.51. The zero-order valence-electron chi connectivity index (χ0n) is 68.1. The van der Waals surface area contributed by atoms with E-state index < -0.39 is 0 Å². The van der Waals surface area contributed by atoms with Crippen LogP contribution >= 0.6 is 34.0 Å². The van der Waals surface area contributed by atoms with E-state index in [0.717, 1.165) is 138 Å². The van der Waals surface area contributed by atoms with Gasteiger partial charge in [0, 0.05) is 149 Å². The van der Waals surface area contributed by atoms with E-state index in [1.165, 1.54) is 93.8 Å². The SMILES string of the molecule is c1ccc(-c2nc(-c3ccc(-c4ccc5c(c4)sc4c5ccc5c4c4ccccc4n5-c4ccc5c(c4)c4ccccc4n5-c4cccc5c4sc4c(-c6nc(-c7ccccc7)nc(-c7ccccc7)n6)cccc45)cc3)nc(-c3cccc4c3oc3c(-n5c6ccccc6c6cc(-n7c8ccccc8c8c9sc%10ccccc%10c9ccc87)ccc65)cccc34)n2)cc1. The number of benzene rings is 18. The molecule has 0 aliphatic carbocycles. The molecule has 0 aliphatic rings. The highest BCUT2D eigenvalue weighted by molar-refractivity contribution is 7.27. The van der Waals surface area contributed by atoms with Crippen LogP contribution in [0.5, 0.6) is 0 Å². The van der Waals surface area contributed by atoms with Crippen molar-refractivity contribution in [2.75, 3.05) is 0 Å². The van der Waals surface area contributed by atoms with E-state index in [0.29, 0.717) is 40.5 Å². The molecule has 11 nitrogen and oxygen atoms in total. The number of fused-ring (bicyclic) bond motifs is 26. The van der Waals surface area contributed by atoms with Crippen molar-refractivity contribution in [2.45, 2.75) is 0 Å². The molecular formula is C114H64N10OS3. The van der Waals surface area contributed by atoms with Crippen LogP contribution in [0.1, 0.15) is 0 Å². The number of hydrogen-bond acceptors (Lipinski definition) is 10. The predicted molar refractivity (Wildman–Crippen MR) is 535 cm³/mol. The Morgan fingerprint density at radius 2 is 0.555 bits per heavy atom. The van der Waals surface area contributed by atoms with Crippen molar-refractivity contribution in [1.29, 1.82) is 0 Å². The fraction of sp³-hybridized carbons (Fsp3) is 0. The summed E-state index contributed by atoms with van der Waals surface area (Å²) in [6.45, 7) is 0. The molecule has 0 aliphatic heterocycles. The molecule has 128 heavy (non-hydrogen) atoms. The molecule has 0 saturated carbocycles. The van der Waals surface area contributed by atoms with Crippen molar-refractivity contribution in [3.8, 4) is 102 Å². The van der Waals surface area contributed by atoms with Crippen LogP contribution in [0.2, 0.25) is 0 Å². The molecule has 0 saturated heterocycles. The van der Waals surface area contributed by atoms with Crippen LogP contribution in [0.15, 0.2) is 393 Å². The largest absolute Gasteiger partial charge is 0.453 e. The first-order valence-corrected chi connectivity index (χ1v) is 45.4. The van der Waals surface area contributed by atoms with Crippen molar-refractivity contribution in [3.05, 3.63) is 388 Å². The fourth-order valence-corrected chi connectivity index (χ4v) is 24.2. The van der Waals surface area contributed by atoms with Crippen molar-refractivity contribution < 1.29 is 4.42 Å². The minimum absolute atomic E-state index is 0.521. The van der Waals surface area contributed by atoms with Gasteiger partial charge < -0.3 is 22.7 Å². The molecule has 14 heteroatoms. The topological polar surface area (TPSA) is 110 Å². The van der Waals surface area contributed by atoms with Crippen LogP contribution < -0.4 is 0 Å². The molecule has 0 atom stereocenters. The second-order valence-corrected chi connectivity index (χ2v) is 36.2. The summed E-state index contributed by atoms with van der Waals surface area (Å²) in [6.07, 6.45) is 0. The highest BCUT2D eigenvalue weighted by atomic mass is 32.1. The quantitative estimate of drug-likeness (QED) is 0.127. The summed E-state index contributed by atoms with van der Waals surface area (Å²) in [4.78, 5) is 31.4. The molecule has 10 aromatic heterocycles. The van der Waals surface area contributed by atoms with Gasteiger partial charge in [-0.1, -0.05) is 279 Å². The molecule has 0 N–H and O–H groups in total. The third-order valence-corrected chi connectivity index (χ3v) is 29.8. The molecular weight excluding hydrogens is 1620 g/mol. The molecule has 10 heterocycles. The number of aromatic nitrogens is 10. The van der Waals surface area contributed by atoms with Crippen LogP contribution in [0.3, 0.4) is 0 Å². The molecule has 28 aromatic rings. The maximum atomic E-state index is 7.34. The van der Waals surface area contributed by atoms with Gasteiger partial charge in [-0.2, -0.15) is 0 Å². The second-order valence-electron chi connectivity index (χ2n) is 33.1. The Morgan fingerprint density at radius 3 is 1.12 bits per heavy atom. The van der Waals surface area contributed by atoms with Gasteiger partial charge >= 0.3 is 0 Å². The summed E-state index contributed by atoms with van der Waals surface area (Å²) in [5, 5.41) is 19.1. The van der Waals surface area contributed by atoms with E-state index >= 15 is 0 Å². The minimum atomic E-state index is 0.521. The average molecular weight is 1690 g/mol. The smallest absolute Gasteiger partial charge is 0.167 e. The van der Waals surface area contributed by atoms with Crippen molar-refractivity contribution >= 4 is 204 Å². The molecule has 0 fully saturated rings. The van der Waals surface area contributed by atoms with E-state index in [4.69, 9.17) is 34.3 Å². The third kappa shape index (κ3) is 10.6. The highest BCUT2D eigenvalue weighted by Gasteiger charge is 2.28. The molecule has 0 radical (unpaired) electrons. The van der Waals surface area contributed by atoms with Gasteiger partial charge in [-0.05, 0) is 120 Å². The lowest BCUT2D eigenvalue weighted by Crippen LogP contribution is -2.00. The van der Waals surface area contributed by atoms with E-state index in [-0.39, 0.29) is 0 Å². The molecule has 18 aromatic carbocycles. The van der Waals surface area contributed by atoms with E-state index in [1.54, 1.807) is 11.3 Å². The van der Waals surface area contributed by atoms with Crippen molar-refractivity contribution in [3.63, 3.8) is 0 Å². The van der Waals surface area contributed by atoms with Gasteiger partial charge in [-0.3, -0.25) is 0 Å². The third-order valence-electron chi connectivity index (χ3n) is 26.1. The summed E-state index contributed by atoms with van der Waals surface area (Å²) in [5.41, 5.74) is 22.5. The lowest BCUT2D eigenvalue weighted by atomic mass is 10.0. The number of nitrogens with zero attached hydrogens (tertiary/aromatic N) is 10. The van der Waals surface area contributed by atoms with Gasteiger partial charge in [0.05, 0.1) is 65.8 Å². The Balaban J connectivity index is 0.516. The zero-order valence-corrected chi connectivity index (χ0v) is 70.5. The van der Waals surface area contributed by atoms with Gasteiger partial charge in [0.25, 0.3) is 0 Å². The summed E-state index contributed by atoms with van der Waals surface area (Å²) in [5.74, 6) is 3.57. The van der Waals surface area contributed by atoms with Crippen LogP contribution in [0.4, 0.5) is 0 Å². The van der Waals surface area contributed by atoms with Gasteiger partial charge in [0.1, 0.15) is 5.58 Å². The lowest BCUT2D eigenvalue weighted by Gasteiger charge is -2.11. The molecule has 594 valence electrons. The van der Waals surface area contributed by atoms with Crippen LogP contribution in [0.25, 0.3) is 272 Å². The first-order chi connectivity index (χ1) is 63.5. The molecule has 0 spiro atoms. The Bertz CT molecular complexity index is 9550. The maximum Gasteiger partial charge on any atom is 0.167 e.